The molecule has 0 N–H and O–H groups in total. The number of furan rings is 1. The van der Waals surface area contributed by atoms with Gasteiger partial charge in [0.2, 0.25) is 15.9 Å². The highest BCUT2D eigenvalue weighted by Crippen LogP contribution is 2.39. The molecule has 1 aromatic heterocycles. The Kier molecular flexibility index (Phi) is 6.11. The number of hydrogen-bond donors (Lipinski definition) is 0. The number of fused-ring (bicyclic) bond motifs is 1. The second-order valence-electron chi connectivity index (χ2n) is 8.29. The van der Waals surface area contributed by atoms with Gasteiger partial charge in [-0.15, -0.1) is 0 Å². The summed E-state index contributed by atoms with van der Waals surface area (Å²) in [6.45, 7) is 1.12. The summed E-state index contributed by atoms with van der Waals surface area (Å²) in [5.41, 5.74) is 0.868. The molecule has 0 unspecified atom stereocenters. The lowest BCUT2D eigenvalue weighted by Crippen LogP contribution is -2.49. The molecule has 30 heavy (non-hydrogen) atoms. The molecule has 2 aliphatic rings. The first kappa shape index (κ1) is 20.9. The summed E-state index contributed by atoms with van der Waals surface area (Å²) in [5, 5.41) is 0. The van der Waals surface area contributed by atoms with Crippen LogP contribution in [0.25, 0.3) is 6.08 Å². The van der Waals surface area contributed by atoms with Gasteiger partial charge in [0.15, 0.2) is 0 Å². The molecule has 2 aromatic rings. The number of rotatable bonds is 5. The number of likely N-dealkylation sites (N-methyl/N-ethyl adjacent to an activating group) is 1. The van der Waals surface area contributed by atoms with E-state index in [4.69, 9.17) is 4.42 Å². The highest BCUT2D eigenvalue weighted by atomic mass is 32.2. The van der Waals surface area contributed by atoms with Gasteiger partial charge < -0.3 is 9.32 Å². The van der Waals surface area contributed by atoms with E-state index in [2.05, 4.69) is 0 Å². The van der Waals surface area contributed by atoms with Gasteiger partial charge in [0.25, 0.3) is 0 Å². The maximum atomic E-state index is 13.0. The van der Waals surface area contributed by atoms with Crippen LogP contribution in [0.3, 0.4) is 0 Å². The van der Waals surface area contributed by atoms with Crippen LogP contribution in [0.15, 0.2) is 64.3 Å². The third-order valence-corrected chi connectivity index (χ3v) is 8.42. The number of benzene rings is 1. The molecule has 160 valence electrons. The molecule has 2 fully saturated rings. The number of nitrogens with zero attached hydrogens (tertiary/aromatic N) is 2. The molecule has 6 nitrogen and oxygen atoms in total. The zero-order valence-electron chi connectivity index (χ0n) is 17.2. The van der Waals surface area contributed by atoms with Gasteiger partial charge in [-0.1, -0.05) is 18.2 Å². The minimum absolute atomic E-state index is 0.0104. The van der Waals surface area contributed by atoms with E-state index in [1.165, 1.54) is 0 Å². The van der Waals surface area contributed by atoms with Crippen LogP contribution in [0.2, 0.25) is 0 Å². The van der Waals surface area contributed by atoms with Gasteiger partial charge in [-0.3, -0.25) is 4.79 Å². The van der Waals surface area contributed by atoms with Gasteiger partial charge >= 0.3 is 0 Å². The van der Waals surface area contributed by atoms with E-state index in [0.29, 0.717) is 29.8 Å². The average molecular weight is 429 g/mol. The maximum absolute atomic E-state index is 13.0. The van der Waals surface area contributed by atoms with Crippen molar-refractivity contribution in [3.63, 3.8) is 0 Å². The van der Waals surface area contributed by atoms with E-state index >= 15 is 0 Å². The van der Waals surface area contributed by atoms with E-state index in [1.54, 1.807) is 53.2 Å². The van der Waals surface area contributed by atoms with Crippen molar-refractivity contribution in [2.45, 2.75) is 36.6 Å². The summed E-state index contributed by atoms with van der Waals surface area (Å²) in [4.78, 5) is 14.8. The Labute approximate surface area is 178 Å². The maximum Gasteiger partial charge on any atom is 0.246 e. The third kappa shape index (κ3) is 4.37. The van der Waals surface area contributed by atoms with E-state index in [0.717, 1.165) is 31.2 Å². The second-order valence-corrected chi connectivity index (χ2v) is 10.2. The number of amides is 1. The van der Waals surface area contributed by atoms with Crippen molar-refractivity contribution in [1.29, 1.82) is 0 Å². The topological polar surface area (TPSA) is 70.8 Å². The lowest BCUT2D eigenvalue weighted by molar-refractivity contribution is -0.128. The van der Waals surface area contributed by atoms with Gasteiger partial charge in [0.1, 0.15) is 0 Å². The Bertz CT molecular complexity index is 985. The summed E-state index contributed by atoms with van der Waals surface area (Å²) in [5.74, 6) is 0.807. The molecule has 1 saturated carbocycles. The lowest BCUT2D eigenvalue weighted by atomic mass is 9.73. The summed E-state index contributed by atoms with van der Waals surface area (Å²) in [7, 11) is -1.57. The molecule has 0 bridgehead atoms. The first-order chi connectivity index (χ1) is 14.4. The van der Waals surface area contributed by atoms with Crippen LogP contribution in [0.4, 0.5) is 0 Å². The molecule has 4 rings (SSSR count). The van der Waals surface area contributed by atoms with Crippen LogP contribution in [-0.4, -0.2) is 49.7 Å². The molecule has 3 atom stereocenters. The van der Waals surface area contributed by atoms with E-state index in [-0.39, 0.29) is 11.9 Å². The van der Waals surface area contributed by atoms with Crippen LogP contribution in [-0.2, 0) is 14.8 Å². The first-order valence-corrected chi connectivity index (χ1v) is 11.9. The van der Waals surface area contributed by atoms with Crippen LogP contribution >= 0.6 is 0 Å². The van der Waals surface area contributed by atoms with E-state index < -0.39 is 10.0 Å². The van der Waals surface area contributed by atoms with Crippen molar-refractivity contribution in [1.82, 2.24) is 9.21 Å². The monoisotopic (exact) mass is 428 g/mol. The molecule has 2 heterocycles. The number of carbonyl (C=O) groups excluding carboxylic acids is 1. The number of sulfonamides is 1. The smallest absolute Gasteiger partial charge is 0.246 e. The molecule has 1 amide bonds. The largest absolute Gasteiger partial charge is 0.472 e. The molecular weight excluding hydrogens is 400 g/mol. The number of piperidine rings is 1. The third-order valence-electron chi connectivity index (χ3n) is 6.54. The van der Waals surface area contributed by atoms with Gasteiger partial charge in [0.05, 0.1) is 17.4 Å². The van der Waals surface area contributed by atoms with Crippen molar-refractivity contribution in [3.8, 4) is 0 Å². The van der Waals surface area contributed by atoms with Crippen molar-refractivity contribution < 1.29 is 17.6 Å². The number of carbonyl (C=O) groups is 1. The molecular formula is C23H28N2O4S. The zero-order chi connectivity index (χ0) is 21.1. The molecule has 1 aromatic carbocycles. The molecule has 1 aliphatic carbocycles. The quantitative estimate of drug-likeness (QED) is 0.682. The fraction of sp³-hybridized carbons (Fsp3) is 0.435. The molecule has 0 radical (unpaired) electrons. The highest BCUT2D eigenvalue weighted by Gasteiger charge is 2.40. The minimum atomic E-state index is -3.43. The van der Waals surface area contributed by atoms with Gasteiger partial charge in [-0.25, -0.2) is 8.42 Å². The van der Waals surface area contributed by atoms with Crippen LogP contribution in [0, 0.1) is 11.8 Å². The van der Waals surface area contributed by atoms with Crippen molar-refractivity contribution >= 4 is 22.0 Å². The molecule has 0 spiro atoms. The van der Waals surface area contributed by atoms with E-state index in [1.807, 2.05) is 24.1 Å². The highest BCUT2D eigenvalue weighted by molar-refractivity contribution is 7.89. The summed E-state index contributed by atoms with van der Waals surface area (Å²) in [6, 6.07) is 10.7. The lowest BCUT2D eigenvalue weighted by Gasteiger charge is -2.44. The SMILES string of the molecule is CN(C(=O)/C=C/c1ccoc1)[C@H]1CC[C@H]2CN(S(=O)(=O)c3ccccc3)CC[C@@H]2C1. The van der Waals surface area contributed by atoms with Gasteiger partial charge in [-0.05, 0) is 61.8 Å². The van der Waals surface area contributed by atoms with E-state index in [9.17, 15) is 13.2 Å². The van der Waals surface area contributed by atoms with Gasteiger partial charge in [0, 0.05) is 37.8 Å². The fourth-order valence-corrected chi connectivity index (χ4v) is 6.24. The van der Waals surface area contributed by atoms with Crippen molar-refractivity contribution in [2.75, 3.05) is 20.1 Å². The zero-order valence-corrected chi connectivity index (χ0v) is 18.0. The van der Waals surface area contributed by atoms with Crippen molar-refractivity contribution in [2.24, 2.45) is 11.8 Å². The van der Waals surface area contributed by atoms with Crippen LogP contribution < -0.4 is 0 Å². The molecule has 1 aliphatic heterocycles. The second kappa shape index (κ2) is 8.78. The molecule has 1 saturated heterocycles. The Morgan fingerprint density at radius 1 is 1.13 bits per heavy atom. The molecule has 7 heteroatoms. The Morgan fingerprint density at radius 3 is 2.67 bits per heavy atom. The van der Waals surface area contributed by atoms with Crippen LogP contribution in [0.5, 0.6) is 0 Å². The van der Waals surface area contributed by atoms with Crippen molar-refractivity contribution in [3.05, 3.63) is 60.6 Å². The summed E-state index contributed by atoms with van der Waals surface area (Å²) >= 11 is 0. The first-order valence-electron chi connectivity index (χ1n) is 10.5. The minimum Gasteiger partial charge on any atom is -0.472 e. The fourth-order valence-electron chi connectivity index (χ4n) is 4.70. The Morgan fingerprint density at radius 2 is 1.93 bits per heavy atom. The Hall–Kier alpha value is -2.38. The predicted octanol–water partition coefficient (Wildman–Crippen LogP) is 3.63. The van der Waals surface area contributed by atoms with Gasteiger partial charge in [-0.2, -0.15) is 4.31 Å². The Balaban J connectivity index is 1.36. The number of hydrogen-bond acceptors (Lipinski definition) is 4. The average Bonchev–Trinajstić information content (AvgIpc) is 3.30. The standard InChI is InChI=1S/C23H28N2O4S/c1-24(23(26)10-7-18-12-14-29-17-18)21-9-8-20-16-25(13-11-19(20)15-21)30(27,28)22-5-3-2-4-6-22/h2-7,10,12,14,17,19-21H,8-9,11,13,15-16H2,1H3/b10-7+/t19-,20+,21+/m1/s1. The summed E-state index contributed by atoms with van der Waals surface area (Å²) in [6.07, 6.45) is 10.2. The summed E-state index contributed by atoms with van der Waals surface area (Å²) < 4.78 is 32.6. The van der Waals surface area contributed by atoms with Crippen LogP contribution in [0.1, 0.15) is 31.2 Å². The predicted molar refractivity (Wildman–Crippen MR) is 115 cm³/mol. The normalized spacial score (nSPS) is 25.2.